The highest BCUT2D eigenvalue weighted by Crippen LogP contribution is 2.20. The van der Waals surface area contributed by atoms with Gasteiger partial charge in [0.1, 0.15) is 0 Å². The van der Waals surface area contributed by atoms with Crippen LogP contribution in [0.2, 0.25) is 0 Å². The summed E-state index contributed by atoms with van der Waals surface area (Å²) in [5.74, 6) is 0. The molecule has 0 saturated carbocycles. The number of rotatable bonds is 3. The van der Waals surface area contributed by atoms with Gasteiger partial charge in [-0.15, -0.1) is 0 Å². The first-order valence-corrected chi connectivity index (χ1v) is 5.74. The molecule has 1 aromatic rings. The second-order valence-corrected chi connectivity index (χ2v) is 4.60. The second kappa shape index (κ2) is 4.67. The minimum atomic E-state index is 1.03. The molecule has 0 N–H and O–H groups in total. The van der Waals surface area contributed by atoms with Crippen molar-refractivity contribution in [3.63, 3.8) is 0 Å². The van der Waals surface area contributed by atoms with Crippen molar-refractivity contribution in [3.05, 3.63) is 29.8 Å². The molecule has 1 fully saturated rings. The van der Waals surface area contributed by atoms with Crippen LogP contribution in [0.3, 0.4) is 0 Å². The first-order valence-electron chi connectivity index (χ1n) is 5.74. The molecule has 0 radical (unpaired) electrons. The fourth-order valence-corrected chi connectivity index (χ4v) is 2.15. The van der Waals surface area contributed by atoms with E-state index in [2.05, 4.69) is 48.2 Å². The number of benzene rings is 1. The Morgan fingerprint density at radius 2 is 1.67 bits per heavy atom. The molecule has 0 spiro atoms. The van der Waals surface area contributed by atoms with E-state index in [0.717, 1.165) is 6.54 Å². The van der Waals surface area contributed by atoms with Crippen molar-refractivity contribution >= 4 is 5.69 Å². The molecule has 82 valence electrons. The predicted octanol–water partition coefficient (Wildman–Crippen LogP) is 2.35. The van der Waals surface area contributed by atoms with Gasteiger partial charge in [0.05, 0.1) is 0 Å². The molecule has 0 aromatic heterocycles. The average Bonchev–Trinajstić information content (AvgIpc) is 2.71. The highest BCUT2D eigenvalue weighted by Gasteiger charge is 2.11. The third-order valence-electron chi connectivity index (χ3n) is 2.91. The number of anilines is 1. The van der Waals surface area contributed by atoms with Crippen LogP contribution in [0.4, 0.5) is 5.69 Å². The Hall–Kier alpha value is -1.02. The molecule has 2 nitrogen and oxygen atoms in total. The minimum absolute atomic E-state index is 1.03. The zero-order valence-electron chi connectivity index (χ0n) is 9.74. The van der Waals surface area contributed by atoms with Crippen LogP contribution in [-0.2, 0) is 6.54 Å². The van der Waals surface area contributed by atoms with Crippen molar-refractivity contribution < 1.29 is 0 Å². The van der Waals surface area contributed by atoms with Gasteiger partial charge in [-0.25, -0.2) is 0 Å². The summed E-state index contributed by atoms with van der Waals surface area (Å²) in [6, 6.07) is 9.00. The van der Waals surface area contributed by atoms with Crippen LogP contribution < -0.4 is 4.90 Å². The lowest BCUT2D eigenvalue weighted by atomic mass is 10.2. The van der Waals surface area contributed by atoms with E-state index < -0.39 is 0 Å². The Morgan fingerprint density at radius 3 is 2.20 bits per heavy atom. The molecule has 0 unspecified atom stereocenters. The van der Waals surface area contributed by atoms with E-state index in [1.165, 1.54) is 37.2 Å². The van der Waals surface area contributed by atoms with Crippen LogP contribution >= 0.6 is 0 Å². The van der Waals surface area contributed by atoms with Crippen LogP contribution in [0, 0.1) is 0 Å². The van der Waals surface area contributed by atoms with Gasteiger partial charge in [0.15, 0.2) is 0 Å². The summed E-state index contributed by atoms with van der Waals surface area (Å²) >= 11 is 0. The van der Waals surface area contributed by atoms with Crippen LogP contribution in [0.5, 0.6) is 0 Å². The van der Waals surface area contributed by atoms with E-state index in [0.29, 0.717) is 0 Å². The van der Waals surface area contributed by atoms with Gasteiger partial charge in [0, 0.05) is 25.3 Å². The lowest BCUT2D eigenvalue weighted by molar-refractivity contribution is 0.402. The van der Waals surface area contributed by atoms with Crippen LogP contribution in [0.25, 0.3) is 0 Å². The Morgan fingerprint density at radius 1 is 1.07 bits per heavy atom. The van der Waals surface area contributed by atoms with Crippen LogP contribution in [-0.4, -0.2) is 32.1 Å². The molecule has 0 bridgehead atoms. The molecule has 2 heteroatoms. The summed E-state index contributed by atoms with van der Waals surface area (Å²) in [7, 11) is 4.21. The third kappa shape index (κ3) is 2.72. The van der Waals surface area contributed by atoms with Crippen LogP contribution in [0.15, 0.2) is 24.3 Å². The number of hydrogen-bond acceptors (Lipinski definition) is 2. The molecule has 1 aromatic carbocycles. The summed E-state index contributed by atoms with van der Waals surface area (Å²) in [4.78, 5) is 4.67. The summed E-state index contributed by atoms with van der Waals surface area (Å²) in [5, 5.41) is 0. The smallest absolute Gasteiger partial charge is 0.0366 e. The minimum Gasteiger partial charge on any atom is -0.372 e. The van der Waals surface area contributed by atoms with E-state index in [4.69, 9.17) is 0 Å². The monoisotopic (exact) mass is 204 g/mol. The third-order valence-corrected chi connectivity index (χ3v) is 2.91. The SMILES string of the molecule is CN(C)Cc1ccc(N2CCCC2)cc1. The molecule has 1 saturated heterocycles. The van der Waals surface area contributed by atoms with Crippen LogP contribution in [0.1, 0.15) is 18.4 Å². The average molecular weight is 204 g/mol. The van der Waals surface area contributed by atoms with Gasteiger partial charge >= 0.3 is 0 Å². The lowest BCUT2D eigenvalue weighted by Gasteiger charge is -2.18. The van der Waals surface area contributed by atoms with Crippen molar-refractivity contribution in [2.24, 2.45) is 0 Å². The van der Waals surface area contributed by atoms with Crippen molar-refractivity contribution in [2.75, 3.05) is 32.1 Å². The van der Waals surface area contributed by atoms with Gasteiger partial charge in [-0.3, -0.25) is 0 Å². The van der Waals surface area contributed by atoms with Crippen molar-refractivity contribution in [1.82, 2.24) is 4.90 Å². The Bertz CT molecular complexity index is 297. The standard InChI is InChI=1S/C13H20N2/c1-14(2)11-12-5-7-13(8-6-12)15-9-3-4-10-15/h5-8H,3-4,9-11H2,1-2H3. The maximum atomic E-state index is 2.47. The van der Waals surface area contributed by atoms with E-state index in [1.807, 2.05) is 0 Å². The van der Waals surface area contributed by atoms with Gasteiger partial charge < -0.3 is 9.80 Å². The van der Waals surface area contributed by atoms with Gasteiger partial charge in [-0.05, 0) is 44.6 Å². The Kier molecular flexibility index (Phi) is 3.27. The Labute approximate surface area is 92.5 Å². The lowest BCUT2D eigenvalue weighted by Crippen LogP contribution is -2.17. The van der Waals surface area contributed by atoms with E-state index in [9.17, 15) is 0 Å². The molecule has 0 aliphatic carbocycles. The van der Waals surface area contributed by atoms with Crippen molar-refractivity contribution in [1.29, 1.82) is 0 Å². The molecule has 1 heterocycles. The summed E-state index contributed by atoms with van der Waals surface area (Å²) in [6.45, 7) is 3.49. The second-order valence-electron chi connectivity index (χ2n) is 4.60. The molecule has 0 atom stereocenters. The van der Waals surface area contributed by atoms with Gasteiger partial charge in [-0.1, -0.05) is 12.1 Å². The fraction of sp³-hybridized carbons (Fsp3) is 0.538. The quantitative estimate of drug-likeness (QED) is 0.745. The summed E-state index contributed by atoms with van der Waals surface area (Å²) < 4.78 is 0. The normalized spacial score (nSPS) is 16.3. The van der Waals surface area contributed by atoms with Crippen molar-refractivity contribution in [2.45, 2.75) is 19.4 Å². The van der Waals surface area contributed by atoms with Gasteiger partial charge in [0.2, 0.25) is 0 Å². The highest BCUT2D eigenvalue weighted by molar-refractivity contribution is 5.48. The molecule has 2 rings (SSSR count). The zero-order chi connectivity index (χ0) is 10.7. The van der Waals surface area contributed by atoms with E-state index in [-0.39, 0.29) is 0 Å². The maximum absolute atomic E-state index is 2.47. The van der Waals surface area contributed by atoms with Gasteiger partial charge in [0.25, 0.3) is 0 Å². The maximum Gasteiger partial charge on any atom is 0.0366 e. The molecule has 15 heavy (non-hydrogen) atoms. The largest absolute Gasteiger partial charge is 0.372 e. The number of hydrogen-bond donors (Lipinski definition) is 0. The molecule has 1 aliphatic rings. The molecule has 1 aliphatic heterocycles. The first kappa shape index (κ1) is 10.5. The topological polar surface area (TPSA) is 6.48 Å². The molecule has 0 amide bonds. The Balaban J connectivity index is 2.03. The van der Waals surface area contributed by atoms with Gasteiger partial charge in [-0.2, -0.15) is 0 Å². The molecular weight excluding hydrogens is 184 g/mol. The number of nitrogens with zero attached hydrogens (tertiary/aromatic N) is 2. The summed E-state index contributed by atoms with van der Waals surface area (Å²) in [6.07, 6.45) is 2.69. The van der Waals surface area contributed by atoms with Crippen molar-refractivity contribution in [3.8, 4) is 0 Å². The van der Waals surface area contributed by atoms with E-state index in [1.54, 1.807) is 0 Å². The zero-order valence-corrected chi connectivity index (χ0v) is 9.74. The molecular formula is C13H20N2. The first-order chi connectivity index (χ1) is 7.25. The van der Waals surface area contributed by atoms with E-state index >= 15 is 0 Å². The fourth-order valence-electron chi connectivity index (χ4n) is 2.15. The summed E-state index contributed by atoms with van der Waals surface area (Å²) in [5.41, 5.74) is 2.78. The predicted molar refractivity (Wildman–Crippen MR) is 65.3 cm³/mol. The highest BCUT2D eigenvalue weighted by atomic mass is 15.1.